The van der Waals surface area contributed by atoms with Crippen LogP contribution in [0.15, 0.2) is 61.4 Å². The Kier molecular flexibility index (Phi) is 4.21. The Labute approximate surface area is 162 Å². The highest BCUT2D eigenvalue weighted by Crippen LogP contribution is 2.26. The molecule has 140 valence electrons. The Hall–Kier alpha value is -3.32. The quantitative estimate of drug-likeness (QED) is 0.549. The van der Waals surface area contributed by atoms with Gasteiger partial charge in [0.1, 0.15) is 0 Å². The van der Waals surface area contributed by atoms with E-state index in [1.165, 1.54) is 0 Å². The summed E-state index contributed by atoms with van der Waals surface area (Å²) in [5, 5.41) is 8.72. The molecule has 1 fully saturated rings. The van der Waals surface area contributed by atoms with Crippen LogP contribution in [0.2, 0.25) is 0 Å². The number of hydrogen-bond donors (Lipinski definition) is 0. The van der Waals surface area contributed by atoms with Gasteiger partial charge in [0, 0.05) is 60.7 Å². The first-order valence-corrected chi connectivity index (χ1v) is 9.30. The summed E-state index contributed by atoms with van der Waals surface area (Å²) in [5.74, 6) is 0.700. The average molecular weight is 372 g/mol. The van der Waals surface area contributed by atoms with Crippen molar-refractivity contribution in [1.29, 1.82) is 0 Å². The summed E-state index contributed by atoms with van der Waals surface area (Å²) in [6.45, 7) is 1.53. The van der Waals surface area contributed by atoms with E-state index in [2.05, 4.69) is 32.3 Å². The molecule has 1 unspecified atom stereocenters. The van der Waals surface area contributed by atoms with E-state index < -0.39 is 0 Å². The van der Waals surface area contributed by atoms with Gasteiger partial charge in [-0.25, -0.2) is 9.97 Å². The third-order valence-corrected chi connectivity index (χ3v) is 5.03. The lowest BCUT2D eigenvalue weighted by Crippen LogP contribution is -2.08. The van der Waals surface area contributed by atoms with Crippen LogP contribution in [0.1, 0.15) is 12.5 Å². The molecule has 7 heteroatoms. The number of aromatic nitrogens is 6. The largest absolute Gasteiger partial charge is 0.379 e. The highest BCUT2D eigenvalue weighted by atomic mass is 16.5. The fourth-order valence-corrected chi connectivity index (χ4v) is 3.45. The van der Waals surface area contributed by atoms with E-state index in [9.17, 15) is 0 Å². The monoisotopic (exact) mass is 372 g/mol. The maximum atomic E-state index is 5.44. The van der Waals surface area contributed by atoms with Crippen molar-refractivity contribution in [2.45, 2.75) is 12.5 Å². The molecule has 3 aromatic heterocycles. The van der Waals surface area contributed by atoms with Gasteiger partial charge < -0.3 is 4.74 Å². The molecule has 4 aromatic rings. The van der Waals surface area contributed by atoms with Crippen molar-refractivity contribution in [3.05, 3.63) is 61.4 Å². The Morgan fingerprint density at radius 1 is 0.893 bits per heavy atom. The minimum Gasteiger partial charge on any atom is -0.379 e. The molecular formula is C21H20N6O. The SMILES string of the molecule is Cn1cc(-c2cccc(-c3ncc(-c4cnn(C5CCOC5)c4)cn3)c2)cn1. The summed E-state index contributed by atoms with van der Waals surface area (Å²) in [5.41, 5.74) is 5.12. The molecule has 28 heavy (non-hydrogen) atoms. The van der Waals surface area contributed by atoms with Crippen LogP contribution in [0.4, 0.5) is 0 Å². The minimum atomic E-state index is 0.323. The molecule has 1 atom stereocenters. The zero-order valence-electron chi connectivity index (χ0n) is 15.6. The Balaban J connectivity index is 1.39. The molecule has 1 saturated heterocycles. The average Bonchev–Trinajstić information content (AvgIpc) is 3.49. The van der Waals surface area contributed by atoms with Gasteiger partial charge in [-0.3, -0.25) is 9.36 Å². The van der Waals surface area contributed by atoms with Gasteiger partial charge in [-0.05, 0) is 18.1 Å². The zero-order valence-corrected chi connectivity index (χ0v) is 15.6. The second-order valence-electron chi connectivity index (χ2n) is 7.01. The molecule has 1 aliphatic rings. The van der Waals surface area contributed by atoms with E-state index in [0.29, 0.717) is 11.9 Å². The van der Waals surface area contributed by atoms with Crippen molar-refractivity contribution >= 4 is 0 Å². The topological polar surface area (TPSA) is 70.7 Å². The zero-order chi connectivity index (χ0) is 18.9. The third-order valence-electron chi connectivity index (χ3n) is 5.03. The lowest BCUT2D eigenvalue weighted by Gasteiger charge is -2.07. The van der Waals surface area contributed by atoms with Gasteiger partial charge in [0.2, 0.25) is 0 Å². The van der Waals surface area contributed by atoms with Crippen LogP contribution in [-0.2, 0) is 11.8 Å². The molecule has 0 spiro atoms. The van der Waals surface area contributed by atoms with Crippen LogP contribution >= 0.6 is 0 Å². The fraction of sp³-hybridized carbons (Fsp3) is 0.238. The van der Waals surface area contributed by atoms with Crippen molar-refractivity contribution in [2.75, 3.05) is 13.2 Å². The molecule has 0 aliphatic carbocycles. The number of benzene rings is 1. The first kappa shape index (κ1) is 16.8. The number of hydrogen-bond acceptors (Lipinski definition) is 5. The van der Waals surface area contributed by atoms with Crippen molar-refractivity contribution in [1.82, 2.24) is 29.5 Å². The highest BCUT2D eigenvalue weighted by Gasteiger charge is 2.18. The first-order chi connectivity index (χ1) is 13.8. The van der Waals surface area contributed by atoms with E-state index in [1.54, 1.807) is 4.68 Å². The molecule has 7 nitrogen and oxygen atoms in total. The number of ether oxygens (including phenoxy) is 1. The van der Waals surface area contributed by atoms with Gasteiger partial charge in [-0.2, -0.15) is 10.2 Å². The van der Waals surface area contributed by atoms with Crippen molar-refractivity contribution in [3.8, 4) is 33.6 Å². The Morgan fingerprint density at radius 2 is 1.68 bits per heavy atom. The third kappa shape index (κ3) is 3.20. The summed E-state index contributed by atoms with van der Waals surface area (Å²) in [7, 11) is 1.91. The standard InChI is InChI=1S/C21H20N6O/c1-26-12-18(10-24-26)15-3-2-4-16(7-15)21-22-8-17(9-23-21)19-11-25-27(13-19)20-5-6-28-14-20/h2-4,7-13,20H,5-6,14H2,1H3. The van der Waals surface area contributed by atoms with E-state index in [4.69, 9.17) is 4.74 Å². The van der Waals surface area contributed by atoms with E-state index >= 15 is 0 Å². The highest BCUT2D eigenvalue weighted by molar-refractivity contribution is 5.70. The number of aryl methyl sites for hydroxylation is 1. The lowest BCUT2D eigenvalue weighted by atomic mass is 10.1. The molecule has 0 radical (unpaired) electrons. The van der Waals surface area contributed by atoms with Crippen LogP contribution in [0.25, 0.3) is 33.6 Å². The molecule has 4 heterocycles. The van der Waals surface area contributed by atoms with Crippen LogP contribution in [0, 0.1) is 0 Å². The molecule has 1 aromatic carbocycles. The fourth-order valence-electron chi connectivity index (χ4n) is 3.45. The van der Waals surface area contributed by atoms with Gasteiger partial charge in [0.25, 0.3) is 0 Å². The maximum absolute atomic E-state index is 5.44. The predicted octanol–water partition coefficient (Wildman–Crippen LogP) is 3.37. The molecule has 0 saturated carbocycles. The van der Waals surface area contributed by atoms with Crippen molar-refractivity contribution in [2.24, 2.45) is 7.05 Å². The molecule has 1 aliphatic heterocycles. The summed E-state index contributed by atoms with van der Waals surface area (Å²) in [6, 6.07) is 8.51. The van der Waals surface area contributed by atoms with Gasteiger partial charge in [0.05, 0.1) is 25.0 Å². The van der Waals surface area contributed by atoms with Gasteiger partial charge >= 0.3 is 0 Å². The molecule has 0 bridgehead atoms. The minimum absolute atomic E-state index is 0.323. The van der Waals surface area contributed by atoms with Crippen LogP contribution in [-0.4, -0.2) is 42.7 Å². The smallest absolute Gasteiger partial charge is 0.159 e. The molecular weight excluding hydrogens is 352 g/mol. The molecule has 0 amide bonds. The normalized spacial score (nSPS) is 16.5. The summed E-state index contributed by atoms with van der Waals surface area (Å²) >= 11 is 0. The van der Waals surface area contributed by atoms with E-state index in [0.717, 1.165) is 47.5 Å². The summed E-state index contributed by atoms with van der Waals surface area (Å²) in [4.78, 5) is 9.16. The van der Waals surface area contributed by atoms with E-state index in [1.807, 2.05) is 61.0 Å². The second-order valence-corrected chi connectivity index (χ2v) is 7.01. The van der Waals surface area contributed by atoms with Gasteiger partial charge in [-0.1, -0.05) is 18.2 Å². The molecule has 5 rings (SSSR count). The second kappa shape index (κ2) is 7.01. The lowest BCUT2D eigenvalue weighted by molar-refractivity contribution is 0.184. The summed E-state index contributed by atoms with van der Waals surface area (Å²) < 4.78 is 9.22. The predicted molar refractivity (Wildman–Crippen MR) is 105 cm³/mol. The van der Waals surface area contributed by atoms with Crippen LogP contribution in [0.3, 0.4) is 0 Å². The number of nitrogens with zero attached hydrogens (tertiary/aromatic N) is 6. The Bertz CT molecular complexity index is 1090. The van der Waals surface area contributed by atoms with Crippen LogP contribution in [0.5, 0.6) is 0 Å². The Morgan fingerprint density at radius 3 is 2.43 bits per heavy atom. The maximum Gasteiger partial charge on any atom is 0.159 e. The van der Waals surface area contributed by atoms with Crippen molar-refractivity contribution in [3.63, 3.8) is 0 Å². The van der Waals surface area contributed by atoms with Crippen molar-refractivity contribution < 1.29 is 4.74 Å². The number of rotatable bonds is 4. The van der Waals surface area contributed by atoms with Gasteiger partial charge in [0.15, 0.2) is 5.82 Å². The summed E-state index contributed by atoms with van der Waals surface area (Å²) in [6.07, 6.45) is 12.5. The van der Waals surface area contributed by atoms with Gasteiger partial charge in [-0.15, -0.1) is 0 Å². The molecule has 0 N–H and O–H groups in total. The first-order valence-electron chi connectivity index (χ1n) is 9.30. The van der Waals surface area contributed by atoms with Crippen LogP contribution < -0.4 is 0 Å². The van der Waals surface area contributed by atoms with E-state index in [-0.39, 0.29) is 0 Å².